The van der Waals surface area contributed by atoms with Crippen molar-refractivity contribution in [2.24, 2.45) is 0 Å². The second-order valence-corrected chi connectivity index (χ2v) is 3.98. The minimum atomic E-state index is -0.520. The van der Waals surface area contributed by atoms with Crippen molar-refractivity contribution in [1.29, 1.82) is 0 Å². The summed E-state index contributed by atoms with van der Waals surface area (Å²) in [7, 11) is 1.29. The number of aromatic nitrogens is 1. The number of carbonyl (C=O) groups excluding carboxylic acids is 1. The predicted molar refractivity (Wildman–Crippen MR) is 71.2 cm³/mol. The minimum Gasteiger partial charge on any atom is -0.465 e. The van der Waals surface area contributed by atoms with Gasteiger partial charge in [0.15, 0.2) is 0 Å². The minimum absolute atomic E-state index is 0.162. The predicted octanol–water partition coefficient (Wildman–Crippen LogP) is 2.55. The lowest BCUT2D eigenvalue weighted by atomic mass is 10.2. The van der Waals surface area contributed by atoms with E-state index >= 15 is 0 Å². The average molecular weight is 258 g/mol. The molecule has 0 saturated carbocycles. The lowest BCUT2D eigenvalue weighted by Crippen LogP contribution is -2.07. The second kappa shape index (κ2) is 5.39. The van der Waals surface area contributed by atoms with Crippen LogP contribution in [-0.4, -0.2) is 18.1 Å². The number of esters is 1. The molecule has 0 aliphatic carbocycles. The molecule has 1 aromatic carbocycles. The van der Waals surface area contributed by atoms with Crippen LogP contribution in [0.2, 0.25) is 0 Å². The molecule has 0 radical (unpaired) electrons. The van der Waals surface area contributed by atoms with Crippen LogP contribution in [0.3, 0.4) is 0 Å². The summed E-state index contributed by atoms with van der Waals surface area (Å²) in [6.07, 6.45) is 1.45. The van der Waals surface area contributed by atoms with Crippen molar-refractivity contribution >= 4 is 11.7 Å². The zero-order chi connectivity index (χ0) is 13.8. The van der Waals surface area contributed by atoms with Crippen molar-refractivity contribution in [3.8, 4) is 11.6 Å². The fraction of sp³-hybridized carbons (Fsp3) is 0.143. The number of nitrogen functional groups attached to an aromatic ring is 1. The largest absolute Gasteiger partial charge is 0.465 e. The number of carbonyl (C=O) groups is 1. The molecule has 0 spiro atoms. The Morgan fingerprint density at radius 1 is 1.21 bits per heavy atom. The Balaban J connectivity index is 2.30. The summed E-state index contributed by atoms with van der Waals surface area (Å²) in [4.78, 5) is 15.5. The van der Waals surface area contributed by atoms with Gasteiger partial charge >= 0.3 is 5.97 Å². The summed E-state index contributed by atoms with van der Waals surface area (Å²) in [5.74, 6) is 0.271. The molecule has 2 rings (SSSR count). The lowest BCUT2D eigenvalue weighted by Gasteiger charge is -2.09. The number of hydrogen-bond acceptors (Lipinski definition) is 5. The maximum Gasteiger partial charge on any atom is 0.340 e. The van der Waals surface area contributed by atoms with Crippen LogP contribution < -0.4 is 10.5 Å². The molecule has 5 heteroatoms. The van der Waals surface area contributed by atoms with E-state index in [9.17, 15) is 4.79 Å². The maximum absolute atomic E-state index is 11.5. The molecule has 0 aliphatic heterocycles. The SMILES string of the molecule is COC(=O)c1ccnc(Oc2ccc(C)cc2)c1N. The van der Waals surface area contributed by atoms with E-state index in [1.165, 1.54) is 19.4 Å². The van der Waals surface area contributed by atoms with Crippen molar-refractivity contribution in [2.75, 3.05) is 12.8 Å². The van der Waals surface area contributed by atoms with Crippen molar-refractivity contribution < 1.29 is 14.3 Å². The number of ether oxygens (including phenoxy) is 2. The number of pyridine rings is 1. The highest BCUT2D eigenvalue weighted by atomic mass is 16.5. The van der Waals surface area contributed by atoms with Gasteiger partial charge in [-0.3, -0.25) is 0 Å². The topological polar surface area (TPSA) is 74.4 Å². The summed E-state index contributed by atoms with van der Waals surface area (Å²) in [6, 6.07) is 8.93. The number of methoxy groups -OCH3 is 1. The van der Waals surface area contributed by atoms with Crippen LogP contribution in [0.5, 0.6) is 11.6 Å². The number of nitrogens with zero attached hydrogens (tertiary/aromatic N) is 1. The van der Waals surface area contributed by atoms with Gasteiger partial charge < -0.3 is 15.2 Å². The van der Waals surface area contributed by atoms with Gasteiger partial charge in [-0.15, -0.1) is 0 Å². The lowest BCUT2D eigenvalue weighted by molar-refractivity contribution is 0.0601. The van der Waals surface area contributed by atoms with E-state index in [1.807, 2.05) is 19.1 Å². The molecule has 0 bridgehead atoms. The van der Waals surface area contributed by atoms with Gasteiger partial charge in [-0.2, -0.15) is 0 Å². The Morgan fingerprint density at radius 2 is 1.89 bits per heavy atom. The van der Waals surface area contributed by atoms with Gasteiger partial charge in [-0.1, -0.05) is 17.7 Å². The number of rotatable bonds is 3. The first kappa shape index (κ1) is 12.9. The molecule has 0 aliphatic rings. The molecule has 2 N–H and O–H groups in total. The molecule has 0 unspecified atom stereocenters. The van der Waals surface area contributed by atoms with Crippen LogP contribution in [0, 0.1) is 6.92 Å². The standard InChI is InChI=1S/C14H14N2O3/c1-9-3-5-10(6-4-9)19-13-12(15)11(7-8-16-13)14(17)18-2/h3-8H,15H2,1-2H3. The second-order valence-electron chi connectivity index (χ2n) is 3.98. The first-order chi connectivity index (χ1) is 9.11. The summed E-state index contributed by atoms with van der Waals surface area (Å²) in [6.45, 7) is 1.98. The molecule has 1 heterocycles. The summed E-state index contributed by atoms with van der Waals surface area (Å²) in [5, 5.41) is 0. The van der Waals surface area contributed by atoms with Crippen LogP contribution >= 0.6 is 0 Å². The van der Waals surface area contributed by atoms with Crippen LogP contribution in [0.4, 0.5) is 5.69 Å². The van der Waals surface area contributed by atoms with Crippen LogP contribution in [0.25, 0.3) is 0 Å². The smallest absolute Gasteiger partial charge is 0.340 e. The van der Waals surface area contributed by atoms with Gasteiger partial charge in [0.05, 0.1) is 12.7 Å². The van der Waals surface area contributed by atoms with E-state index in [2.05, 4.69) is 9.72 Å². The van der Waals surface area contributed by atoms with Crippen molar-refractivity contribution in [3.63, 3.8) is 0 Å². The molecule has 0 saturated heterocycles. The highest BCUT2D eigenvalue weighted by molar-refractivity contribution is 5.96. The van der Waals surface area contributed by atoms with E-state index in [4.69, 9.17) is 10.5 Å². The molecule has 0 atom stereocenters. The number of hydrogen-bond donors (Lipinski definition) is 1. The molecule has 0 fully saturated rings. The third kappa shape index (κ3) is 2.82. The number of aryl methyl sites for hydroxylation is 1. The van der Waals surface area contributed by atoms with Gasteiger partial charge in [-0.05, 0) is 25.1 Å². The van der Waals surface area contributed by atoms with Crippen molar-refractivity contribution in [1.82, 2.24) is 4.98 Å². The molecule has 1 aromatic heterocycles. The first-order valence-corrected chi connectivity index (χ1v) is 5.69. The van der Waals surface area contributed by atoms with Gasteiger partial charge in [0.1, 0.15) is 11.4 Å². The van der Waals surface area contributed by atoms with E-state index in [-0.39, 0.29) is 17.1 Å². The summed E-state index contributed by atoms with van der Waals surface area (Å²) >= 11 is 0. The highest BCUT2D eigenvalue weighted by Crippen LogP contribution is 2.28. The fourth-order valence-electron chi connectivity index (χ4n) is 1.54. The quantitative estimate of drug-likeness (QED) is 0.856. The van der Waals surface area contributed by atoms with Crippen molar-refractivity contribution in [3.05, 3.63) is 47.7 Å². The normalized spacial score (nSPS) is 10.0. The van der Waals surface area contributed by atoms with Crippen LogP contribution in [-0.2, 0) is 4.74 Å². The zero-order valence-corrected chi connectivity index (χ0v) is 10.7. The Labute approximate surface area is 111 Å². The Bertz CT molecular complexity index is 594. The summed E-state index contributed by atoms with van der Waals surface area (Å²) in [5.41, 5.74) is 7.37. The Kier molecular flexibility index (Phi) is 3.66. The molecular weight excluding hydrogens is 244 g/mol. The third-order valence-corrected chi connectivity index (χ3v) is 2.59. The van der Waals surface area contributed by atoms with Crippen LogP contribution in [0.15, 0.2) is 36.5 Å². The zero-order valence-electron chi connectivity index (χ0n) is 10.7. The summed E-state index contributed by atoms with van der Waals surface area (Å²) < 4.78 is 10.2. The Hall–Kier alpha value is -2.56. The van der Waals surface area contributed by atoms with Gasteiger partial charge in [-0.25, -0.2) is 9.78 Å². The number of anilines is 1. The fourth-order valence-corrected chi connectivity index (χ4v) is 1.54. The molecule has 2 aromatic rings. The van der Waals surface area contributed by atoms with Gasteiger partial charge in [0.2, 0.25) is 5.88 Å². The van der Waals surface area contributed by atoms with E-state index < -0.39 is 5.97 Å². The maximum atomic E-state index is 11.5. The molecule has 0 amide bonds. The van der Waals surface area contributed by atoms with Crippen LogP contribution in [0.1, 0.15) is 15.9 Å². The van der Waals surface area contributed by atoms with E-state index in [0.717, 1.165) is 5.56 Å². The molecular formula is C14H14N2O3. The Morgan fingerprint density at radius 3 is 2.53 bits per heavy atom. The number of nitrogens with two attached hydrogens (primary N) is 1. The first-order valence-electron chi connectivity index (χ1n) is 5.69. The van der Waals surface area contributed by atoms with Gasteiger partial charge in [0.25, 0.3) is 0 Å². The highest BCUT2D eigenvalue weighted by Gasteiger charge is 2.15. The monoisotopic (exact) mass is 258 g/mol. The van der Waals surface area contributed by atoms with Crippen molar-refractivity contribution in [2.45, 2.75) is 6.92 Å². The molecule has 98 valence electrons. The third-order valence-electron chi connectivity index (χ3n) is 2.59. The molecule has 19 heavy (non-hydrogen) atoms. The van der Waals surface area contributed by atoms with E-state index in [0.29, 0.717) is 5.75 Å². The van der Waals surface area contributed by atoms with E-state index in [1.54, 1.807) is 12.1 Å². The average Bonchev–Trinajstić information content (AvgIpc) is 2.43. The molecule has 5 nitrogen and oxygen atoms in total. The van der Waals surface area contributed by atoms with Gasteiger partial charge in [0, 0.05) is 6.20 Å². The number of benzene rings is 1.